The molecule has 0 aliphatic rings. The number of nitrogens with one attached hydrogen (secondary N) is 6. The minimum atomic E-state index is -1.40. The van der Waals surface area contributed by atoms with Crippen LogP contribution in [0.25, 0.3) is 0 Å². The summed E-state index contributed by atoms with van der Waals surface area (Å²) in [4.78, 5) is 119. The van der Waals surface area contributed by atoms with Crippen LogP contribution in [0, 0.1) is 5.41 Å². The van der Waals surface area contributed by atoms with Gasteiger partial charge < -0.3 is 80.4 Å². The van der Waals surface area contributed by atoms with Crippen LogP contribution >= 0.6 is 0 Å². The summed E-state index contributed by atoms with van der Waals surface area (Å²) in [6, 6.07) is -2.73. The second kappa shape index (κ2) is 53.4. The Balaban J connectivity index is 3.80. The second-order valence-corrected chi connectivity index (χ2v) is 21.0. The maximum atomic E-state index is 12.6. The van der Waals surface area contributed by atoms with Crippen LogP contribution < -0.4 is 31.9 Å². The predicted molar refractivity (Wildman–Crippen MR) is 305 cm³/mol. The molecule has 6 amide bonds. The Morgan fingerprint density at radius 1 is 0.325 bits per heavy atom. The second-order valence-electron chi connectivity index (χ2n) is 21.0. The highest BCUT2D eigenvalue weighted by molar-refractivity contribution is 5.87. The molecule has 0 aromatic carbocycles. The van der Waals surface area contributed by atoms with E-state index in [1.54, 1.807) is 0 Å². The van der Waals surface area contributed by atoms with Gasteiger partial charge in [-0.3, -0.25) is 38.4 Å². The number of amides is 6. The molecule has 0 aliphatic carbocycles. The fraction of sp³-hybridized carbons (Fsp3) is 0.825. The first-order chi connectivity index (χ1) is 39.8. The lowest BCUT2D eigenvalue weighted by Crippen LogP contribution is -2.44. The number of ketones is 1. The van der Waals surface area contributed by atoms with Crippen molar-refractivity contribution in [2.45, 2.75) is 181 Å². The van der Waals surface area contributed by atoms with Crippen LogP contribution in [0.4, 0.5) is 0 Å². The summed E-state index contributed by atoms with van der Waals surface area (Å²) in [5.41, 5.74) is -0.406. The van der Waals surface area contributed by atoms with E-state index in [-0.39, 0.29) is 168 Å². The fourth-order valence-corrected chi connectivity index (χ4v) is 7.58. The smallest absolute Gasteiger partial charge is 0.326 e. The van der Waals surface area contributed by atoms with Crippen LogP contribution in [-0.4, -0.2) is 205 Å². The third-order valence-corrected chi connectivity index (χ3v) is 12.5. The highest BCUT2D eigenvalue weighted by Crippen LogP contribution is 2.16. The van der Waals surface area contributed by atoms with Crippen LogP contribution in [0.5, 0.6) is 0 Å². The topological polar surface area (TPSA) is 368 Å². The van der Waals surface area contributed by atoms with Gasteiger partial charge >= 0.3 is 17.9 Å². The lowest BCUT2D eigenvalue weighted by molar-refractivity contribution is -0.143. The summed E-state index contributed by atoms with van der Waals surface area (Å²) in [5.74, 6) is -5.92. The average molecular weight is 1190 g/mol. The Morgan fingerprint density at radius 3 is 1.05 bits per heavy atom. The third-order valence-electron chi connectivity index (χ3n) is 12.5. The van der Waals surface area contributed by atoms with Crippen LogP contribution in [-0.2, 0) is 81.1 Å². The molecule has 0 radical (unpaired) electrons. The SMILES string of the molecule is CC(C)(C)C(=O)COCCCCCNC(=O)COCCOCCNC(=O)COCCOCCNC(=O)COCCOCCNC(=O)CC[C@H](NC(=O)CC[C@H](NC(=O)CCCCCCCCCCCCCCCCC(=O)O)C(=O)O)C(=O)O. The van der Waals surface area contributed by atoms with Crippen molar-refractivity contribution in [1.82, 2.24) is 31.9 Å². The normalized spacial score (nSPS) is 12.0. The molecule has 9 N–H and O–H groups in total. The Kier molecular flexibility index (Phi) is 49.9. The molecule has 0 aliphatic heterocycles. The number of unbranched alkanes of at least 4 members (excludes halogenated alkanes) is 15. The first-order valence-corrected chi connectivity index (χ1v) is 29.7. The van der Waals surface area contributed by atoms with E-state index in [1.807, 2.05) is 20.8 Å². The van der Waals surface area contributed by atoms with Gasteiger partial charge in [-0.05, 0) is 44.9 Å². The number of carboxylic acid groups (broad SMARTS) is 3. The molecule has 0 bridgehead atoms. The van der Waals surface area contributed by atoms with Gasteiger partial charge in [0, 0.05) is 63.9 Å². The van der Waals surface area contributed by atoms with E-state index in [1.165, 1.54) is 25.7 Å². The molecule has 2 atom stereocenters. The van der Waals surface area contributed by atoms with Gasteiger partial charge in [0.05, 0.1) is 59.5 Å². The number of hydrogen-bond donors (Lipinski definition) is 9. The first kappa shape index (κ1) is 77.6. The number of aliphatic carboxylic acids is 3. The first-order valence-electron chi connectivity index (χ1n) is 29.7. The van der Waals surface area contributed by atoms with Crippen molar-refractivity contribution >= 4 is 59.1 Å². The summed E-state index contributed by atoms with van der Waals surface area (Å²) < 4.78 is 37.5. The van der Waals surface area contributed by atoms with Crippen molar-refractivity contribution in [2.75, 3.05) is 119 Å². The summed E-state index contributed by atoms with van der Waals surface area (Å²) in [5, 5.41) is 43.3. The van der Waals surface area contributed by atoms with Crippen molar-refractivity contribution in [2.24, 2.45) is 5.41 Å². The molecule has 0 saturated carbocycles. The molecule has 26 nitrogen and oxygen atoms in total. The van der Waals surface area contributed by atoms with Crippen molar-refractivity contribution in [3.05, 3.63) is 0 Å². The molecule has 0 saturated heterocycles. The molecule has 0 aromatic rings. The Hall–Kier alpha value is -5.38. The number of ether oxygens (including phenoxy) is 7. The molecular weight excluding hydrogens is 1090 g/mol. The van der Waals surface area contributed by atoms with E-state index in [9.17, 15) is 58.2 Å². The number of carbonyl (C=O) groups is 10. The Bertz CT molecular complexity index is 1800. The van der Waals surface area contributed by atoms with Gasteiger partial charge in [0.15, 0.2) is 5.78 Å². The minimum absolute atomic E-state index is 0.0683. The van der Waals surface area contributed by atoms with E-state index >= 15 is 0 Å². The number of Topliss-reactive ketones (excluding diaryl/α,β-unsaturated/α-hetero) is 1. The lowest BCUT2D eigenvalue weighted by Gasteiger charge is -2.17. The molecular formula is C57H102N6O20. The molecule has 0 spiro atoms. The van der Waals surface area contributed by atoms with Gasteiger partial charge in [0.1, 0.15) is 38.5 Å². The van der Waals surface area contributed by atoms with E-state index < -0.39 is 53.1 Å². The summed E-state index contributed by atoms with van der Waals surface area (Å²) in [7, 11) is 0. The predicted octanol–water partition coefficient (Wildman–Crippen LogP) is 3.38. The van der Waals surface area contributed by atoms with Crippen LogP contribution in [0.1, 0.15) is 168 Å². The van der Waals surface area contributed by atoms with Crippen molar-refractivity contribution in [3.8, 4) is 0 Å². The van der Waals surface area contributed by atoms with Crippen molar-refractivity contribution in [1.29, 1.82) is 0 Å². The molecule has 83 heavy (non-hydrogen) atoms. The maximum Gasteiger partial charge on any atom is 0.326 e. The number of carbonyl (C=O) groups excluding carboxylic acids is 7. The zero-order chi connectivity index (χ0) is 61.6. The highest BCUT2D eigenvalue weighted by Gasteiger charge is 2.25. The number of hydrogen-bond acceptors (Lipinski definition) is 17. The molecule has 0 rings (SSSR count). The summed E-state index contributed by atoms with van der Waals surface area (Å²) in [6.07, 6.45) is 16.3. The summed E-state index contributed by atoms with van der Waals surface area (Å²) in [6.45, 7) is 8.49. The highest BCUT2D eigenvalue weighted by atomic mass is 16.5. The van der Waals surface area contributed by atoms with E-state index in [0.717, 1.165) is 77.0 Å². The van der Waals surface area contributed by atoms with Gasteiger partial charge in [0.25, 0.3) is 0 Å². The van der Waals surface area contributed by atoms with E-state index in [0.29, 0.717) is 19.6 Å². The molecule has 26 heteroatoms. The van der Waals surface area contributed by atoms with E-state index in [2.05, 4.69) is 31.9 Å². The Morgan fingerprint density at radius 2 is 0.651 bits per heavy atom. The van der Waals surface area contributed by atoms with Crippen LogP contribution in [0.2, 0.25) is 0 Å². The van der Waals surface area contributed by atoms with Gasteiger partial charge in [-0.15, -0.1) is 0 Å². The molecule has 0 aromatic heterocycles. The summed E-state index contributed by atoms with van der Waals surface area (Å²) >= 11 is 0. The maximum absolute atomic E-state index is 12.6. The Labute approximate surface area is 490 Å². The number of rotatable bonds is 59. The van der Waals surface area contributed by atoms with Crippen molar-refractivity contribution < 1.29 is 96.4 Å². The van der Waals surface area contributed by atoms with Gasteiger partial charge in [-0.2, -0.15) is 0 Å². The third kappa shape index (κ3) is 53.1. The zero-order valence-electron chi connectivity index (χ0n) is 49.9. The molecule has 0 heterocycles. The van der Waals surface area contributed by atoms with Crippen LogP contribution in [0.15, 0.2) is 0 Å². The quantitative estimate of drug-likeness (QED) is 0.0394. The van der Waals surface area contributed by atoms with Gasteiger partial charge in [-0.25, -0.2) is 9.59 Å². The zero-order valence-corrected chi connectivity index (χ0v) is 49.9. The van der Waals surface area contributed by atoms with Gasteiger partial charge in [0.2, 0.25) is 35.4 Å². The largest absolute Gasteiger partial charge is 0.481 e. The fourth-order valence-electron chi connectivity index (χ4n) is 7.58. The molecule has 480 valence electrons. The number of carboxylic acids is 3. The monoisotopic (exact) mass is 1190 g/mol. The molecule has 0 unspecified atom stereocenters. The van der Waals surface area contributed by atoms with Crippen LogP contribution in [0.3, 0.4) is 0 Å². The standard InChI is InChI=1S/C57H102N6O20/c1-57(2,3)47(64)41-80-31-20-16-19-27-58-51(68)42-81-38-36-78-33-29-60-53(70)44-83-40-37-79-34-30-61-52(69)43-82-39-35-77-32-28-59-48(65)25-23-45(55(73)74)63-50(67)26-24-46(56(75)76)62-49(66)21-17-14-12-10-8-6-4-5-7-9-11-13-15-18-22-54(71)72/h45-46H,4-44H2,1-3H3,(H,58,68)(H,59,65)(H,60,70)(H,61,69)(H,62,66)(H,63,67)(H,71,72)(H,73,74)(H,75,76)/t45-,46-/m0/s1. The van der Waals surface area contributed by atoms with E-state index in [4.69, 9.17) is 38.3 Å². The lowest BCUT2D eigenvalue weighted by atomic mass is 9.91. The van der Waals surface area contributed by atoms with Crippen molar-refractivity contribution in [3.63, 3.8) is 0 Å². The minimum Gasteiger partial charge on any atom is -0.481 e. The average Bonchev–Trinajstić information content (AvgIpc) is 3.43. The molecule has 0 fully saturated rings. The van der Waals surface area contributed by atoms with Gasteiger partial charge in [-0.1, -0.05) is 97.8 Å².